The van der Waals surface area contributed by atoms with Crippen LogP contribution in [0.25, 0.3) is 0 Å². The number of rotatable bonds is 4. The molecule has 2 aliphatic carbocycles. The highest BCUT2D eigenvalue weighted by molar-refractivity contribution is 4.90. The maximum atomic E-state index is 5.54. The molecule has 1 N–H and O–H groups in total. The predicted molar refractivity (Wildman–Crippen MR) is 63.0 cm³/mol. The lowest BCUT2D eigenvalue weighted by Gasteiger charge is -2.27. The van der Waals surface area contributed by atoms with Crippen LogP contribution in [-0.4, -0.2) is 25.3 Å². The van der Waals surface area contributed by atoms with Crippen LogP contribution in [0.1, 0.15) is 51.9 Å². The molecule has 15 heavy (non-hydrogen) atoms. The third-order valence-corrected chi connectivity index (χ3v) is 4.37. The van der Waals surface area contributed by atoms with E-state index in [-0.39, 0.29) is 0 Å². The van der Waals surface area contributed by atoms with Gasteiger partial charge < -0.3 is 10.1 Å². The van der Waals surface area contributed by atoms with Crippen molar-refractivity contribution in [3.05, 3.63) is 0 Å². The van der Waals surface area contributed by atoms with Crippen molar-refractivity contribution in [1.29, 1.82) is 0 Å². The molecule has 2 saturated carbocycles. The van der Waals surface area contributed by atoms with Gasteiger partial charge in [0.25, 0.3) is 0 Å². The molecular formula is C13H25NO. The molecule has 0 aliphatic heterocycles. The fourth-order valence-electron chi connectivity index (χ4n) is 3.42. The van der Waals surface area contributed by atoms with Crippen molar-refractivity contribution >= 4 is 0 Å². The predicted octanol–water partition coefficient (Wildman–Crippen LogP) is 2.72. The highest BCUT2D eigenvalue weighted by atomic mass is 16.5. The Morgan fingerprint density at radius 2 is 1.80 bits per heavy atom. The van der Waals surface area contributed by atoms with E-state index in [0.29, 0.717) is 12.1 Å². The Hall–Kier alpha value is -0.0800. The third-order valence-electron chi connectivity index (χ3n) is 4.37. The third kappa shape index (κ3) is 2.54. The molecule has 0 radical (unpaired) electrons. The van der Waals surface area contributed by atoms with Crippen LogP contribution in [0.2, 0.25) is 0 Å². The van der Waals surface area contributed by atoms with E-state index in [1.165, 1.54) is 44.9 Å². The summed E-state index contributed by atoms with van der Waals surface area (Å²) in [5, 5.41) is 3.85. The number of nitrogens with one attached hydrogen (secondary N) is 1. The first kappa shape index (κ1) is 11.4. The number of hydrogen-bond acceptors (Lipinski definition) is 2. The molecule has 0 saturated heterocycles. The standard InChI is InChI=1S/C13H25NO/c1-3-10-6-4-7-11(10)14-12-8-5-9-13(12)15-2/h10-14H,3-9H2,1-2H3. The molecule has 0 heterocycles. The quantitative estimate of drug-likeness (QED) is 0.772. The minimum absolute atomic E-state index is 0.475. The van der Waals surface area contributed by atoms with Crippen molar-refractivity contribution in [3.8, 4) is 0 Å². The van der Waals surface area contributed by atoms with Crippen LogP contribution in [0.4, 0.5) is 0 Å². The monoisotopic (exact) mass is 211 g/mol. The number of hydrogen-bond donors (Lipinski definition) is 1. The highest BCUT2D eigenvalue weighted by Crippen LogP contribution is 2.31. The Kier molecular flexibility index (Phi) is 4.04. The first-order chi connectivity index (χ1) is 7.35. The SMILES string of the molecule is CCC1CCCC1NC1CCCC1OC. The smallest absolute Gasteiger partial charge is 0.0724 e. The molecule has 0 spiro atoms. The second-order valence-electron chi connectivity index (χ2n) is 5.18. The van der Waals surface area contributed by atoms with Crippen molar-refractivity contribution in [2.45, 2.75) is 70.1 Å². The van der Waals surface area contributed by atoms with Crippen molar-refractivity contribution in [1.82, 2.24) is 5.32 Å². The van der Waals surface area contributed by atoms with Gasteiger partial charge in [-0.25, -0.2) is 0 Å². The molecular weight excluding hydrogens is 186 g/mol. The minimum atomic E-state index is 0.475. The average molecular weight is 211 g/mol. The van der Waals surface area contributed by atoms with E-state index in [1.807, 2.05) is 7.11 Å². The van der Waals surface area contributed by atoms with Crippen LogP contribution in [0.5, 0.6) is 0 Å². The lowest BCUT2D eigenvalue weighted by molar-refractivity contribution is 0.0790. The molecule has 0 aromatic rings. The normalized spacial score (nSPS) is 41.2. The first-order valence-corrected chi connectivity index (χ1v) is 6.64. The Bertz CT molecular complexity index is 175. The van der Waals surface area contributed by atoms with Gasteiger partial charge in [-0.3, -0.25) is 0 Å². The lowest BCUT2D eigenvalue weighted by atomic mass is 9.99. The van der Waals surface area contributed by atoms with Gasteiger partial charge in [-0.05, 0) is 38.0 Å². The van der Waals surface area contributed by atoms with E-state index in [4.69, 9.17) is 4.74 Å². The maximum Gasteiger partial charge on any atom is 0.0724 e. The Labute approximate surface area is 93.8 Å². The molecule has 0 amide bonds. The van der Waals surface area contributed by atoms with E-state index < -0.39 is 0 Å². The zero-order chi connectivity index (χ0) is 10.7. The van der Waals surface area contributed by atoms with Crippen molar-refractivity contribution in [2.24, 2.45) is 5.92 Å². The van der Waals surface area contributed by atoms with Gasteiger partial charge in [0.05, 0.1) is 6.10 Å². The van der Waals surface area contributed by atoms with E-state index in [0.717, 1.165) is 12.0 Å². The molecule has 2 heteroatoms. The highest BCUT2D eigenvalue weighted by Gasteiger charge is 2.33. The van der Waals surface area contributed by atoms with Crippen LogP contribution >= 0.6 is 0 Å². The lowest BCUT2D eigenvalue weighted by Crippen LogP contribution is -2.44. The summed E-state index contributed by atoms with van der Waals surface area (Å²) in [6, 6.07) is 1.41. The Morgan fingerprint density at radius 1 is 1.07 bits per heavy atom. The second-order valence-corrected chi connectivity index (χ2v) is 5.18. The molecule has 0 bridgehead atoms. The van der Waals surface area contributed by atoms with Crippen LogP contribution in [0.3, 0.4) is 0 Å². The van der Waals surface area contributed by atoms with E-state index >= 15 is 0 Å². The van der Waals surface area contributed by atoms with Crippen molar-refractivity contribution in [3.63, 3.8) is 0 Å². The molecule has 2 rings (SSSR count). The van der Waals surface area contributed by atoms with E-state index in [2.05, 4.69) is 12.2 Å². The van der Waals surface area contributed by atoms with Gasteiger partial charge in [0.1, 0.15) is 0 Å². The van der Waals surface area contributed by atoms with Gasteiger partial charge >= 0.3 is 0 Å². The van der Waals surface area contributed by atoms with Crippen LogP contribution < -0.4 is 5.32 Å². The molecule has 4 unspecified atom stereocenters. The van der Waals surface area contributed by atoms with E-state index in [1.54, 1.807) is 0 Å². The summed E-state index contributed by atoms with van der Waals surface area (Å²) < 4.78 is 5.54. The zero-order valence-electron chi connectivity index (χ0n) is 10.2. The fourth-order valence-corrected chi connectivity index (χ4v) is 3.42. The summed E-state index contributed by atoms with van der Waals surface area (Å²) in [6.07, 6.45) is 9.93. The van der Waals surface area contributed by atoms with Gasteiger partial charge in [-0.1, -0.05) is 19.8 Å². The summed E-state index contributed by atoms with van der Waals surface area (Å²) >= 11 is 0. The largest absolute Gasteiger partial charge is 0.380 e. The summed E-state index contributed by atoms with van der Waals surface area (Å²) in [5.41, 5.74) is 0. The molecule has 0 aromatic heterocycles. The minimum Gasteiger partial charge on any atom is -0.380 e. The molecule has 2 aliphatic rings. The van der Waals surface area contributed by atoms with Crippen LogP contribution in [0.15, 0.2) is 0 Å². The number of methoxy groups -OCH3 is 1. The summed E-state index contributed by atoms with van der Waals surface area (Å²) in [5.74, 6) is 0.920. The summed E-state index contributed by atoms with van der Waals surface area (Å²) in [7, 11) is 1.86. The Morgan fingerprint density at radius 3 is 2.53 bits per heavy atom. The van der Waals surface area contributed by atoms with Gasteiger partial charge in [-0.15, -0.1) is 0 Å². The van der Waals surface area contributed by atoms with Crippen molar-refractivity contribution < 1.29 is 4.74 Å². The van der Waals surface area contributed by atoms with Gasteiger partial charge in [0.15, 0.2) is 0 Å². The molecule has 0 aromatic carbocycles. The van der Waals surface area contributed by atoms with E-state index in [9.17, 15) is 0 Å². The number of ether oxygens (including phenoxy) is 1. The van der Waals surface area contributed by atoms with Gasteiger partial charge in [0.2, 0.25) is 0 Å². The molecule has 4 atom stereocenters. The first-order valence-electron chi connectivity index (χ1n) is 6.64. The molecule has 88 valence electrons. The van der Waals surface area contributed by atoms with Crippen LogP contribution in [0, 0.1) is 5.92 Å². The second kappa shape index (κ2) is 5.31. The average Bonchev–Trinajstić information content (AvgIpc) is 2.87. The zero-order valence-corrected chi connectivity index (χ0v) is 10.2. The van der Waals surface area contributed by atoms with Crippen molar-refractivity contribution in [2.75, 3.05) is 7.11 Å². The molecule has 2 nitrogen and oxygen atoms in total. The topological polar surface area (TPSA) is 21.3 Å². The maximum absolute atomic E-state index is 5.54. The Balaban J connectivity index is 1.84. The fraction of sp³-hybridized carbons (Fsp3) is 1.00. The van der Waals surface area contributed by atoms with Gasteiger partial charge in [-0.2, -0.15) is 0 Å². The summed E-state index contributed by atoms with van der Waals surface area (Å²) in [4.78, 5) is 0. The summed E-state index contributed by atoms with van der Waals surface area (Å²) in [6.45, 7) is 2.33. The van der Waals surface area contributed by atoms with Gasteiger partial charge in [0, 0.05) is 19.2 Å². The van der Waals surface area contributed by atoms with Crippen LogP contribution in [-0.2, 0) is 4.74 Å². The molecule has 2 fully saturated rings.